The van der Waals surface area contributed by atoms with Crippen LogP contribution in [0.25, 0.3) is 0 Å². The molecule has 0 atom stereocenters. The third-order valence-corrected chi connectivity index (χ3v) is 2.36. The second kappa shape index (κ2) is 8.71. The molecule has 0 fully saturated rings. The summed E-state index contributed by atoms with van der Waals surface area (Å²) in [6.45, 7) is 2.20. The van der Waals surface area contributed by atoms with Crippen molar-refractivity contribution in [2.75, 3.05) is 5.75 Å². The number of primary amides is 1. The number of urea groups is 1. The molecule has 0 rings (SSSR count). The topological polar surface area (TPSA) is 55.1 Å². The molecule has 0 heterocycles. The van der Waals surface area contributed by atoms with Crippen molar-refractivity contribution in [1.29, 1.82) is 0 Å². The minimum absolute atomic E-state index is 0.450. The normalized spacial score (nSPS) is 9.75. The minimum atomic E-state index is -0.450. The van der Waals surface area contributed by atoms with Crippen LogP contribution in [-0.2, 0) is 0 Å². The molecule has 0 aliphatic rings. The van der Waals surface area contributed by atoms with E-state index in [4.69, 9.17) is 5.73 Å². The molecule has 0 radical (unpaired) electrons. The Kier molecular flexibility index (Phi) is 8.44. The van der Waals surface area contributed by atoms with Crippen LogP contribution < -0.4 is 10.5 Å². The zero-order valence-electron chi connectivity index (χ0n) is 7.64. The quantitative estimate of drug-likeness (QED) is 0.478. The average molecular weight is 190 g/mol. The first-order chi connectivity index (χ1) is 5.77. The van der Waals surface area contributed by atoms with Crippen LogP contribution in [0, 0.1) is 0 Å². The molecular formula is C8H18N2OS. The number of carbonyl (C=O) groups excluding carboxylic acids is 1. The molecule has 0 aromatic rings. The molecule has 0 aromatic carbocycles. The second-order valence-electron chi connectivity index (χ2n) is 2.73. The van der Waals surface area contributed by atoms with Gasteiger partial charge >= 0.3 is 6.03 Å². The SMILES string of the molecule is CCCCCCCSNC(N)=O. The molecule has 72 valence electrons. The number of carbonyl (C=O) groups is 1. The van der Waals surface area contributed by atoms with E-state index < -0.39 is 6.03 Å². The molecule has 0 saturated carbocycles. The monoisotopic (exact) mass is 190 g/mol. The fourth-order valence-electron chi connectivity index (χ4n) is 0.900. The maximum absolute atomic E-state index is 10.2. The molecule has 4 heteroatoms. The summed E-state index contributed by atoms with van der Waals surface area (Å²) in [4.78, 5) is 10.2. The lowest BCUT2D eigenvalue weighted by Gasteiger charge is -2.00. The smallest absolute Gasteiger partial charge is 0.322 e. The summed E-state index contributed by atoms with van der Waals surface area (Å²) in [5.41, 5.74) is 4.88. The molecule has 0 aliphatic carbocycles. The Morgan fingerprint density at radius 3 is 2.58 bits per heavy atom. The molecule has 12 heavy (non-hydrogen) atoms. The average Bonchev–Trinajstić information content (AvgIpc) is 2.02. The molecule has 3 nitrogen and oxygen atoms in total. The number of hydrogen-bond acceptors (Lipinski definition) is 2. The Labute approximate surface area is 78.6 Å². The number of amides is 2. The van der Waals surface area contributed by atoms with E-state index in [1.54, 1.807) is 0 Å². The van der Waals surface area contributed by atoms with Gasteiger partial charge in [0.15, 0.2) is 0 Å². The van der Waals surface area contributed by atoms with Gasteiger partial charge in [-0.3, -0.25) is 4.72 Å². The maximum atomic E-state index is 10.2. The molecule has 0 aromatic heterocycles. The third-order valence-electron chi connectivity index (χ3n) is 1.52. The lowest BCUT2D eigenvalue weighted by molar-refractivity contribution is 0.254. The lowest BCUT2D eigenvalue weighted by atomic mass is 10.2. The molecule has 0 aliphatic heterocycles. The standard InChI is InChI=1S/C8H18N2OS/c1-2-3-4-5-6-7-12-10-8(9)11/h2-7H2,1H3,(H3,9,10,11). The fourth-order valence-corrected chi connectivity index (χ4v) is 1.49. The Bertz CT molecular complexity index is 120. The van der Waals surface area contributed by atoms with Crippen molar-refractivity contribution in [2.24, 2.45) is 5.73 Å². The lowest BCUT2D eigenvalue weighted by Crippen LogP contribution is -2.23. The molecule has 0 unspecified atom stereocenters. The van der Waals surface area contributed by atoms with E-state index in [9.17, 15) is 4.79 Å². The Morgan fingerprint density at radius 1 is 1.33 bits per heavy atom. The van der Waals surface area contributed by atoms with E-state index in [0.29, 0.717) is 0 Å². The van der Waals surface area contributed by atoms with Gasteiger partial charge in [0, 0.05) is 5.75 Å². The summed E-state index contributed by atoms with van der Waals surface area (Å²) >= 11 is 1.39. The van der Waals surface area contributed by atoms with Crippen molar-refractivity contribution in [3.63, 3.8) is 0 Å². The van der Waals surface area contributed by atoms with E-state index in [-0.39, 0.29) is 0 Å². The highest BCUT2D eigenvalue weighted by Gasteiger charge is 1.92. The first-order valence-electron chi connectivity index (χ1n) is 4.44. The van der Waals surface area contributed by atoms with E-state index in [2.05, 4.69) is 11.6 Å². The summed E-state index contributed by atoms with van der Waals surface area (Å²) in [5, 5.41) is 0. The van der Waals surface area contributed by atoms with Crippen LogP contribution in [0.15, 0.2) is 0 Å². The Morgan fingerprint density at radius 2 is 2.00 bits per heavy atom. The molecule has 0 spiro atoms. The van der Waals surface area contributed by atoms with Crippen LogP contribution in [0.5, 0.6) is 0 Å². The van der Waals surface area contributed by atoms with Gasteiger partial charge in [-0.05, 0) is 18.4 Å². The van der Waals surface area contributed by atoms with Gasteiger partial charge in [0.05, 0.1) is 0 Å². The maximum Gasteiger partial charge on any atom is 0.322 e. The van der Waals surface area contributed by atoms with Crippen molar-refractivity contribution in [3.8, 4) is 0 Å². The summed E-state index contributed by atoms with van der Waals surface area (Å²) in [5.74, 6) is 0.965. The van der Waals surface area contributed by atoms with E-state index >= 15 is 0 Å². The molecule has 3 N–H and O–H groups in total. The van der Waals surface area contributed by atoms with Gasteiger partial charge < -0.3 is 5.73 Å². The van der Waals surface area contributed by atoms with Crippen molar-refractivity contribution in [2.45, 2.75) is 39.0 Å². The Balaban J connectivity index is 2.86. The molecule has 2 amide bonds. The van der Waals surface area contributed by atoms with Gasteiger partial charge in [0.1, 0.15) is 0 Å². The zero-order valence-corrected chi connectivity index (χ0v) is 8.45. The zero-order chi connectivity index (χ0) is 9.23. The van der Waals surface area contributed by atoms with E-state index in [1.807, 2.05) is 0 Å². The second-order valence-corrected chi connectivity index (χ2v) is 3.63. The van der Waals surface area contributed by atoms with Crippen LogP contribution in [0.3, 0.4) is 0 Å². The summed E-state index contributed by atoms with van der Waals surface area (Å²) in [6.07, 6.45) is 6.29. The van der Waals surface area contributed by atoms with Crippen molar-refractivity contribution < 1.29 is 4.79 Å². The number of nitrogens with one attached hydrogen (secondary N) is 1. The number of nitrogens with two attached hydrogens (primary N) is 1. The van der Waals surface area contributed by atoms with Gasteiger partial charge in [-0.15, -0.1) is 0 Å². The Hall–Kier alpha value is -0.380. The first-order valence-corrected chi connectivity index (χ1v) is 5.43. The highest BCUT2D eigenvalue weighted by molar-refractivity contribution is 7.97. The van der Waals surface area contributed by atoms with Gasteiger partial charge in [-0.2, -0.15) is 0 Å². The number of unbranched alkanes of at least 4 members (excludes halogenated alkanes) is 4. The number of rotatable bonds is 7. The summed E-state index contributed by atoms with van der Waals surface area (Å²) in [6, 6.07) is -0.450. The molecular weight excluding hydrogens is 172 g/mol. The van der Waals surface area contributed by atoms with Gasteiger partial charge in [0.25, 0.3) is 0 Å². The minimum Gasteiger partial charge on any atom is -0.351 e. The molecule has 0 bridgehead atoms. The highest BCUT2D eigenvalue weighted by Crippen LogP contribution is 2.05. The van der Waals surface area contributed by atoms with Crippen LogP contribution in [0.1, 0.15) is 39.0 Å². The van der Waals surface area contributed by atoms with Crippen molar-refractivity contribution >= 4 is 18.0 Å². The fraction of sp³-hybridized carbons (Fsp3) is 0.875. The van der Waals surface area contributed by atoms with Gasteiger partial charge in [-0.25, -0.2) is 4.79 Å². The number of hydrogen-bond donors (Lipinski definition) is 2. The summed E-state index contributed by atoms with van der Waals surface area (Å²) < 4.78 is 2.49. The first kappa shape index (κ1) is 11.6. The van der Waals surface area contributed by atoms with Crippen molar-refractivity contribution in [1.82, 2.24) is 4.72 Å². The van der Waals surface area contributed by atoms with Crippen LogP contribution in [-0.4, -0.2) is 11.8 Å². The largest absolute Gasteiger partial charge is 0.351 e. The van der Waals surface area contributed by atoms with Crippen LogP contribution >= 0.6 is 11.9 Å². The predicted molar refractivity (Wildman–Crippen MR) is 53.9 cm³/mol. The van der Waals surface area contributed by atoms with E-state index in [0.717, 1.165) is 12.2 Å². The van der Waals surface area contributed by atoms with Crippen LogP contribution in [0.2, 0.25) is 0 Å². The van der Waals surface area contributed by atoms with Crippen molar-refractivity contribution in [3.05, 3.63) is 0 Å². The van der Waals surface area contributed by atoms with Crippen LogP contribution in [0.4, 0.5) is 4.79 Å². The summed E-state index contributed by atoms with van der Waals surface area (Å²) in [7, 11) is 0. The highest BCUT2D eigenvalue weighted by atomic mass is 32.2. The van der Waals surface area contributed by atoms with Gasteiger partial charge in [0.2, 0.25) is 0 Å². The molecule has 0 saturated heterocycles. The third kappa shape index (κ3) is 9.62. The van der Waals surface area contributed by atoms with Gasteiger partial charge in [-0.1, -0.05) is 32.6 Å². The predicted octanol–water partition coefficient (Wildman–Crippen LogP) is 2.27. The van der Waals surface area contributed by atoms with E-state index in [1.165, 1.54) is 37.6 Å².